The molecule has 2 atom stereocenters. The van der Waals surface area contributed by atoms with Crippen LogP contribution in [0, 0.1) is 0 Å². The highest BCUT2D eigenvalue weighted by atomic mass is 35.5. The SMILES string of the molecule is CCCCOc1ccc([C@@H]2C(=C(O)c3ccc4c(c3)C[C@H](C)O4)C(=O)C(=O)N2c2nnc(SCc3ccc(Cl)cc3Cl)s2)cc1OCC. The predicted molar refractivity (Wildman–Crippen MR) is 189 cm³/mol. The first-order valence-corrected chi connectivity index (χ1v) is 18.1. The van der Waals surface area contributed by atoms with Crippen molar-refractivity contribution in [3.63, 3.8) is 0 Å². The third-order valence-corrected chi connectivity index (χ3v) is 10.6. The van der Waals surface area contributed by atoms with Gasteiger partial charge in [-0.15, -0.1) is 10.2 Å². The number of hydrogen-bond acceptors (Lipinski definition) is 10. The molecule has 1 amide bonds. The molecule has 6 rings (SSSR count). The Bertz CT molecular complexity index is 1900. The summed E-state index contributed by atoms with van der Waals surface area (Å²) in [7, 11) is 0. The zero-order valence-corrected chi connectivity index (χ0v) is 29.6. The van der Waals surface area contributed by atoms with Crippen LogP contribution in [0.15, 0.2) is 64.5 Å². The fraction of sp³-hybridized carbons (Fsp3) is 0.314. The molecule has 0 unspecified atom stereocenters. The van der Waals surface area contributed by atoms with Crippen LogP contribution in [0.3, 0.4) is 0 Å². The number of rotatable bonds is 12. The summed E-state index contributed by atoms with van der Waals surface area (Å²) < 4.78 is 18.3. The van der Waals surface area contributed by atoms with Gasteiger partial charge in [0.2, 0.25) is 5.13 Å². The van der Waals surface area contributed by atoms with Gasteiger partial charge in [0.1, 0.15) is 17.6 Å². The lowest BCUT2D eigenvalue weighted by molar-refractivity contribution is -0.132. The normalized spacial score (nSPS) is 18.2. The van der Waals surface area contributed by atoms with Gasteiger partial charge in [-0.25, -0.2) is 0 Å². The smallest absolute Gasteiger partial charge is 0.301 e. The molecule has 0 aliphatic carbocycles. The number of carbonyl (C=O) groups is 2. The molecule has 250 valence electrons. The van der Waals surface area contributed by atoms with Crippen molar-refractivity contribution in [1.29, 1.82) is 0 Å². The molecule has 0 bridgehead atoms. The number of Topliss-reactive ketones (excluding diaryl/α,β-unsaturated/α-hetero) is 1. The minimum absolute atomic E-state index is 0.00166. The number of benzene rings is 3. The van der Waals surface area contributed by atoms with Crippen LogP contribution in [0.2, 0.25) is 10.0 Å². The lowest BCUT2D eigenvalue weighted by Gasteiger charge is -2.23. The highest BCUT2D eigenvalue weighted by Crippen LogP contribution is 2.46. The third kappa shape index (κ3) is 7.01. The highest BCUT2D eigenvalue weighted by molar-refractivity contribution is 8.00. The van der Waals surface area contributed by atoms with E-state index in [0.717, 1.165) is 29.7 Å². The summed E-state index contributed by atoms with van der Waals surface area (Å²) in [6.45, 7) is 6.80. The van der Waals surface area contributed by atoms with Crippen molar-refractivity contribution < 1.29 is 28.9 Å². The second kappa shape index (κ2) is 14.8. The maximum Gasteiger partial charge on any atom is 0.301 e. The largest absolute Gasteiger partial charge is 0.507 e. The Morgan fingerprint density at radius 3 is 2.67 bits per heavy atom. The van der Waals surface area contributed by atoms with Crippen LogP contribution in [0.4, 0.5) is 5.13 Å². The van der Waals surface area contributed by atoms with E-state index in [1.807, 2.05) is 19.9 Å². The highest BCUT2D eigenvalue weighted by Gasteiger charge is 2.48. The number of unbranched alkanes of at least 4 members (excludes halogenated alkanes) is 1. The molecule has 2 aliphatic rings. The average molecular weight is 727 g/mol. The van der Waals surface area contributed by atoms with E-state index in [1.165, 1.54) is 28.0 Å². The number of halogens is 2. The molecule has 3 heterocycles. The minimum atomic E-state index is -1.02. The number of aliphatic hydroxyl groups is 1. The van der Waals surface area contributed by atoms with Crippen molar-refractivity contribution in [2.24, 2.45) is 0 Å². The topological polar surface area (TPSA) is 111 Å². The number of ketones is 1. The van der Waals surface area contributed by atoms with Gasteiger partial charge in [-0.2, -0.15) is 0 Å². The third-order valence-electron chi connectivity index (χ3n) is 7.92. The number of nitrogens with zero attached hydrogens (tertiary/aromatic N) is 3. The summed E-state index contributed by atoms with van der Waals surface area (Å²) in [5, 5.41) is 21.7. The van der Waals surface area contributed by atoms with Crippen LogP contribution in [-0.4, -0.2) is 46.3 Å². The number of amides is 1. The van der Waals surface area contributed by atoms with Crippen LogP contribution in [0.25, 0.3) is 5.76 Å². The van der Waals surface area contributed by atoms with E-state index in [4.69, 9.17) is 37.4 Å². The zero-order valence-electron chi connectivity index (χ0n) is 26.5. The van der Waals surface area contributed by atoms with E-state index in [1.54, 1.807) is 48.5 Å². The number of aromatic nitrogens is 2. The predicted octanol–water partition coefficient (Wildman–Crippen LogP) is 8.66. The van der Waals surface area contributed by atoms with E-state index < -0.39 is 17.7 Å². The summed E-state index contributed by atoms with van der Waals surface area (Å²) in [5.74, 6) is 0.291. The zero-order chi connectivity index (χ0) is 33.9. The van der Waals surface area contributed by atoms with Gasteiger partial charge in [0, 0.05) is 27.8 Å². The average Bonchev–Trinajstić information content (AvgIpc) is 3.76. The number of anilines is 1. The summed E-state index contributed by atoms with van der Waals surface area (Å²) in [6, 6.07) is 14.8. The number of thioether (sulfide) groups is 1. The van der Waals surface area contributed by atoms with E-state index in [2.05, 4.69) is 17.1 Å². The van der Waals surface area contributed by atoms with Gasteiger partial charge in [-0.05, 0) is 79.4 Å². The molecule has 0 radical (unpaired) electrons. The van der Waals surface area contributed by atoms with Gasteiger partial charge in [-0.1, -0.05) is 71.8 Å². The molecule has 0 spiro atoms. The van der Waals surface area contributed by atoms with Crippen molar-refractivity contribution >= 4 is 68.9 Å². The number of fused-ring (bicyclic) bond motifs is 1. The van der Waals surface area contributed by atoms with Crippen molar-refractivity contribution in [3.8, 4) is 17.2 Å². The van der Waals surface area contributed by atoms with Gasteiger partial charge in [0.15, 0.2) is 15.8 Å². The minimum Gasteiger partial charge on any atom is -0.507 e. The van der Waals surface area contributed by atoms with Crippen molar-refractivity contribution in [2.75, 3.05) is 18.1 Å². The van der Waals surface area contributed by atoms with Crippen LogP contribution in [0.1, 0.15) is 61.9 Å². The Kier molecular flexibility index (Phi) is 10.5. The molecule has 4 aromatic rings. The first-order valence-electron chi connectivity index (χ1n) is 15.6. The van der Waals surface area contributed by atoms with E-state index in [0.29, 0.717) is 62.4 Å². The maximum absolute atomic E-state index is 13.8. The first kappa shape index (κ1) is 34.1. The molecule has 0 saturated carbocycles. The van der Waals surface area contributed by atoms with E-state index >= 15 is 0 Å². The van der Waals surface area contributed by atoms with Gasteiger partial charge >= 0.3 is 5.91 Å². The summed E-state index contributed by atoms with van der Waals surface area (Å²) in [5.41, 5.74) is 2.66. The molecule has 9 nitrogen and oxygen atoms in total. The fourth-order valence-corrected chi connectivity index (χ4v) is 8.04. The van der Waals surface area contributed by atoms with Crippen molar-refractivity contribution in [1.82, 2.24) is 10.2 Å². The standard InChI is InChI=1S/C35H33Cl2N3O6S2/c1-4-6-13-45-27-12-8-20(16-28(27)44-5-2)30-29(31(41)21-9-11-26-23(15-21)14-19(3)46-26)32(42)33(43)40(30)34-38-39-35(48-34)47-18-22-7-10-24(36)17-25(22)37/h7-12,15-17,19,30,41H,4-6,13-14,18H2,1-3H3/t19-,30+/m0/s1. The lowest BCUT2D eigenvalue weighted by atomic mass is 9.94. The van der Waals surface area contributed by atoms with Crippen molar-refractivity contribution in [2.45, 2.75) is 62.3 Å². The number of aliphatic hydroxyl groups excluding tert-OH is 1. The quantitative estimate of drug-likeness (QED) is 0.0383. The molecule has 1 saturated heterocycles. The maximum atomic E-state index is 13.8. The molecular formula is C35H33Cl2N3O6S2. The number of ether oxygens (including phenoxy) is 3. The van der Waals surface area contributed by atoms with Crippen LogP contribution in [0.5, 0.6) is 17.2 Å². The molecule has 13 heteroatoms. The summed E-state index contributed by atoms with van der Waals surface area (Å²) >= 11 is 15.0. The van der Waals surface area contributed by atoms with Gasteiger partial charge in [-0.3, -0.25) is 14.5 Å². The molecule has 1 fully saturated rings. The Morgan fingerprint density at radius 1 is 1.06 bits per heavy atom. The van der Waals surface area contributed by atoms with Crippen molar-refractivity contribution in [3.05, 3.63) is 92.5 Å². The lowest BCUT2D eigenvalue weighted by Crippen LogP contribution is -2.29. The Balaban J connectivity index is 1.41. The molecule has 1 N–H and O–H groups in total. The van der Waals surface area contributed by atoms with Gasteiger partial charge in [0.25, 0.3) is 5.78 Å². The van der Waals surface area contributed by atoms with E-state index in [-0.39, 0.29) is 22.6 Å². The van der Waals surface area contributed by atoms with E-state index in [9.17, 15) is 14.7 Å². The molecule has 1 aromatic heterocycles. The Morgan fingerprint density at radius 2 is 1.90 bits per heavy atom. The second-order valence-electron chi connectivity index (χ2n) is 11.3. The molecular weight excluding hydrogens is 693 g/mol. The Labute approximate surface area is 296 Å². The number of hydrogen-bond donors (Lipinski definition) is 1. The van der Waals surface area contributed by atoms with Crippen LogP contribution >= 0.6 is 46.3 Å². The van der Waals surface area contributed by atoms with Gasteiger partial charge < -0.3 is 19.3 Å². The summed E-state index contributed by atoms with van der Waals surface area (Å²) in [6.07, 6.45) is 2.51. The van der Waals surface area contributed by atoms with Crippen LogP contribution in [-0.2, 0) is 21.8 Å². The number of carbonyl (C=O) groups excluding carboxylic acids is 2. The van der Waals surface area contributed by atoms with Gasteiger partial charge in [0.05, 0.1) is 24.8 Å². The molecule has 3 aromatic carbocycles. The molecule has 2 aliphatic heterocycles. The Hall–Kier alpha value is -3.77. The molecule has 48 heavy (non-hydrogen) atoms. The second-order valence-corrected chi connectivity index (χ2v) is 14.4. The monoisotopic (exact) mass is 725 g/mol. The van der Waals surface area contributed by atoms with Crippen LogP contribution < -0.4 is 19.1 Å². The summed E-state index contributed by atoms with van der Waals surface area (Å²) in [4.78, 5) is 29.0. The fourth-order valence-electron chi connectivity index (χ4n) is 5.62. The first-order chi connectivity index (χ1) is 23.2.